The number of hydrogen-bond acceptors (Lipinski definition) is 5. The lowest BCUT2D eigenvalue weighted by molar-refractivity contribution is 0.306. The van der Waals surface area contributed by atoms with E-state index in [-0.39, 0.29) is 12.4 Å². The van der Waals surface area contributed by atoms with E-state index in [4.69, 9.17) is 18.6 Å². The van der Waals surface area contributed by atoms with E-state index in [0.717, 1.165) is 25.7 Å². The smallest absolute Gasteiger partial charge is 0.383 e. The Bertz CT molecular complexity index is 1150. The van der Waals surface area contributed by atoms with Gasteiger partial charge < -0.3 is 18.6 Å². The van der Waals surface area contributed by atoms with E-state index in [2.05, 4.69) is 59.8 Å². The molecule has 0 aliphatic rings. The first-order valence-corrected chi connectivity index (χ1v) is 12.2. The molecule has 0 aliphatic heterocycles. The van der Waals surface area contributed by atoms with E-state index in [0.29, 0.717) is 29.1 Å². The highest BCUT2D eigenvalue weighted by Crippen LogP contribution is 2.36. The summed E-state index contributed by atoms with van der Waals surface area (Å²) in [5, 5.41) is 0.633. The van der Waals surface area contributed by atoms with Crippen molar-refractivity contribution in [3.05, 3.63) is 75.2 Å². The Balaban J connectivity index is 2.16. The van der Waals surface area contributed by atoms with Crippen molar-refractivity contribution < 1.29 is 18.6 Å². The SMILES string of the molecule is COc1c(OC/C=C(\C)CCC=C(C)C)c(=O)oc2c(OC/C=C(\C)CCC=C(C)C)cccc12. The van der Waals surface area contributed by atoms with Crippen LogP contribution in [0, 0.1) is 0 Å². The van der Waals surface area contributed by atoms with Crippen LogP contribution in [0.1, 0.15) is 67.2 Å². The van der Waals surface area contributed by atoms with Crippen molar-refractivity contribution in [3.63, 3.8) is 0 Å². The van der Waals surface area contributed by atoms with Gasteiger partial charge in [-0.05, 0) is 91.5 Å². The Morgan fingerprint density at radius 3 is 1.91 bits per heavy atom. The molecule has 0 amide bonds. The molecule has 190 valence electrons. The fraction of sp³-hybridized carbons (Fsp3) is 0.433. The third-order valence-electron chi connectivity index (χ3n) is 5.53. The van der Waals surface area contributed by atoms with Gasteiger partial charge in [-0.3, -0.25) is 0 Å². The Morgan fingerprint density at radius 1 is 0.800 bits per heavy atom. The molecule has 0 saturated heterocycles. The molecule has 35 heavy (non-hydrogen) atoms. The lowest BCUT2D eigenvalue weighted by Crippen LogP contribution is -2.10. The van der Waals surface area contributed by atoms with Crippen molar-refractivity contribution in [2.24, 2.45) is 0 Å². The summed E-state index contributed by atoms with van der Waals surface area (Å²) in [5.74, 6) is 0.916. The van der Waals surface area contributed by atoms with Gasteiger partial charge in [0.05, 0.1) is 12.5 Å². The number of benzene rings is 1. The Morgan fingerprint density at radius 2 is 1.37 bits per heavy atom. The van der Waals surface area contributed by atoms with Crippen LogP contribution in [0.3, 0.4) is 0 Å². The highest BCUT2D eigenvalue weighted by molar-refractivity contribution is 5.89. The third kappa shape index (κ3) is 9.16. The summed E-state index contributed by atoms with van der Waals surface area (Å²) in [4.78, 5) is 12.8. The van der Waals surface area contributed by atoms with E-state index in [9.17, 15) is 4.79 Å². The summed E-state index contributed by atoms with van der Waals surface area (Å²) in [5.41, 5.74) is 4.85. The monoisotopic (exact) mass is 480 g/mol. The second-order valence-electron chi connectivity index (χ2n) is 9.25. The van der Waals surface area contributed by atoms with E-state index in [1.807, 2.05) is 18.2 Å². The quantitative estimate of drug-likeness (QED) is 0.215. The number of ether oxygens (including phenoxy) is 3. The van der Waals surface area contributed by atoms with E-state index < -0.39 is 5.63 Å². The predicted molar refractivity (Wildman–Crippen MR) is 145 cm³/mol. The van der Waals surface area contributed by atoms with Crippen LogP contribution in [0.4, 0.5) is 0 Å². The average molecular weight is 481 g/mol. The molecule has 0 fully saturated rings. The first-order valence-electron chi connectivity index (χ1n) is 12.2. The molecule has 0 N–H and O–H groups in total. The first-order chi connectivity index (χ1) is 16.7. The maximum absolute atomic E-state index is 12.8. The summed E-state index contributed by atoms with van der Waals surface area (Å²) in [6.07, 6.45) is 12.4. The van der Waals surface area contributed by atoms with E-state index >= 15 is 0 Å². The highest BCUT2D eigenvalue weighted by atomic mass is 16.5. The molecule has 0 saturated carbocycles. The van der Waals surface area contributed by atoms with Crippen LogP contribution >= 0.6 is 0 Å². The first kappa shape index (κ1) is 28.0. The number of methoxy groups -OCH3 is 1. The van der Waals surface area contributed by atoms with Crippen LogP contribution in [-0.4, -0.2) is 20.3 Å². The number of hydrogen-bond donors (Lipinski definition) is 0. The largest absolute Gasteiger partial charge is 0.492 e. The van der Waals surface area contributed by atoms with Gasteiger partial charge in [0.1, 0.15) is 13.2 Å². The second kappa shape index (κ2) is 14.2. The molecule has 0 atom stereocenters. The third-order valence-corrected chi connectivity index (χ3v) is 5.53. The summed E-state index contributed by atoms with van der Waals surface area (Å²) in [6, 6.07) is 5.47. The number of allylic oxidation sites excluding steroid dienone is 6. The van der Waals surface area contributed by atoms with Gasteiger partial charge in [-0.1, -0.05) is 40.5 Å². The molecule has 5 heteroatoms. The van der Waals surface area contributed by atoms with Crippen molar-refractivity contribution in [2.45, 2.75) is 67.2 Å². The molecule has 0 radical (unpaired) electrons. The summed E-state index contributed by atoms with van der Waals surface area (Å²) < 4.78 is 22.9. The van der Waals surface area contributed by atoms with Crippen molar-refractivity contribution in [1.82, 2.24) is 0 Å². The molecule has 1 aromatic heterocycles. The fourth-order valence-electron chi connectivity index (χ4n) is 3.52. The Kier molecular flexibility index (Phi) is 11.4. The van der Waals surface area contributed by atoms with E-state index in [1.54, 1.807) is 6.07 Å². The second-order valence-corrected chi connectivity index (χ2v) is 9.25. The summed E-state index contributed by atoms with van der Waals surface area (Å²) in [7, 11) is 1.52. The standard InChI is InChI=1S/C30H40O5/c1-21(2)11-8-13-23(5)17-19-33-26-16-10-15-25-27(26)35-30(31)29(28(25)32-7)34-20-18-24(6)14-9-12-22(3)4/h10-12,15-18H,8-9,13-14,19-20H2,1-7H3/b23-17+,24-18+. The molecule has 2 rings (SSSR count). The number of para-hydroxylation sites is 1. The summed E-state index contributed by atoms with van der Waals surface area (Å²) in [6.45, 7) is 13.2. The maximum Gasteiger partial charge on any atom is 0.383 e. The predicted octanol–water partition coefficient (Wildman–Crippen LogP) is 7.94. The molecule has 0 unspecified atom stereocenters. The topological polar surface area (TPSA) is 57.9 Å². The number of fused-ring (bicyclic) bond motifs is 1. The minimum Gasteiger partial charge on any atom is -0.492 e. The van der Waals surface area contributed by atoms with Gasteiger partial charge in [-0.15, -0.1) is 0 Å². The van der Waals surface area contributed by atoms with Crippen LogP contribution < -0.4 is 19.8 Å². The molecular weight excluding hydrogens is 440 g/mol. The summed E-state index contributed by atoms with van der Waals surface area (Å²) >= 11 is 0. The Hall–Kier alpha value is -3.21. The Labute approximate surface area is 209 Å². The molecule has 0 aliphatic carbocycles. The zero-order chi connectivity index (χ0) is 25.8. The van der Waals surface area contributed by atoms with Gasteiger partial charge in [0.15, 0.2) is 17.1 Å². The maximum atomic E-state index is 12.8. The van der Waals surface area contributed by atoms with Crippen molar-refractivity contribution >= 4 is 11.0 Å². The molecule has 1 heterocycles. The van der Waals surface area contributed by atoms with Gasteiger partial charge in [0.2, 0.25) is 5.75 Å². The molecule has 0 spiro atoms. The van der Waals surface area contributed by atoms with Gasteiger partial charge in [-0.25, -0.2) is 4.79 Å². The molecular formula is C30H40O5. The normalized spacial score (nSPS) is 11.9. The van der Waals surface area contributed by atoms with Crippen molar-refractivity contribution in [1.29, 1.82) is 0 Å². The van der Waals surface area contributed by atoms with Crippen molar-refractivity contribution in [2.75, 3.05) is 20.3 Å². The average Bonchev–Trinajstić information content (AvgIpc) is 2.79. The van der Waals surface area contributed by atoms with E-state index in [1.165, 1.54) is 29.4 Å². The van der Waals surface area contributed by atoms with Crippen LogP contribution in [0.15, 0.2) is 74.0 Å². The molecule has 1 aromatic carbocycles. The van der Waals surface area contributed by atoms with Crippen molar-refractivity contribution in [3.8, 4) is 17.2 Å². The van der Waals surface area contributed by atoms with Gasteiger partial charge in [0.25, 0.3) is 0 Å². The van der Waals surface area contributed by atoms with Gasteiger partial charge in [-0.2, -0.15) is 0 Å². The fourth-order valence-corrected chi connectivity index (χ4v) is 3.52. The van der Waals surface area contributed by atoms with Crippen LogP contribution in [0.2, 0.25) is 0 Å². The lowest BCUT2D eigenvalue weighted by atomic mass is 10.1. The van der Waals surface area contributed by atoms with Crippen LogP contribution in [-0.2, 0) is 0 Å². The molecule has 2 aromatic rings. The lowest BCUT2D eigenvalue weighted by Gasteiger charge is -2.13. The van der Waals surface area contributed by atoms with Gasteiger partial charge >= 0.3 is 5.63 Å². The zero-order valence-corrected chi connectivity index (χ0v) is 22.3. The van der Waals surface area contributed by atoms with Crippen LogP contribution in [0.25, 0.3) is 11.0 Å². The minimum atomic E-state index is -0.588. The minimum absolute atomic E-state index is 0.0699. The molecule has 0 bridgehead atoms. The number of rotatable bonds is 13. The highest BCUT2D eigenvalue weighted by Gasteiger charge is 2.19. The van der Waals surface area contributed by atoms with Gasteiger partial charge in [0, 0.05) is 0 Å². The van der Waals surface area contributed by atoms with Crippen LogP contribution in [0.5, 0.6) is 17.2 Å². The molecule has 5 nitrogen and oxygen atoms in total. The zero-order valence-electron chi connectivity index (χ0n) is 22.3.